The normalized spacial score (nSPS) is 25.4. The van der Waals surface area contributed by atoms with E-state index in [1.807, 2.05) is 4.90 Å². The van der Waals surface area contributed by atoms with Crippen molar-refractivity contribution in [2.75, 3.05) is 26.2 Å². The number of hydrogen-bond acceptors (Lipinski definition) is 3. The first kappa shape index (κ1) is 18.2. The Morgan fingerprint density at radius 1 is 1.20 bits per heavy atom. The van der Waals surface area contributed by atoms with Gasteiger partial charge in [0, 0.05) is 25.7 Å². The van der Waals surface area contributed by atoms with E-state index in [-0.39, 0.29) is 18.5 Å². The van der Waals surface area contributed by atoms with Gasteiger partial charge in [0.05, 0.1) is 18.2 Å². The van der Waals surface area contributed by atoms with Crippen molar-refractivity contribution in [3.05, 3.63) is 35.4 Å². The van der Waals surface area contributed by atoms with Crippen LogP contribution in [0.4, 0.5) is 13.2 Å². The van der Waals surface area contributed by atoms with Crippen molar-refractivity contribution >= 4 is 5.91 Å². The molecular formula is C18H23F3N2O2. The Hall–Kier alpha value is -1.60. The summed E-state index contributed by atoms with van der Waals surface area (Å²) >= 11 is 0. The van der Waals surface area contributed by atoms with Crippen LogP contribution in [0.2, 0.25) is 0 Å². The van der Waals surface area contributed by atoms with Crippen molar-refractivity contribution in [1.82, 2.24) is 9.80 Å². The summed E-state index contributed by atoms with van der Waals surface area (Å²) in [4.78, 5) is 16.1. The van der Waals surface area contributed by atoms with Crippen LogP contribution in [0, 0.1) is 0 Å². The van der Waals surface area contributed by atoms with Crippen molar-refractivity contribution in [1.29, 1.82) is 0 Å². The molecule has 1 aromatic rings. The molecule has 2 fully saturated rings. The summed E-state index contributed by atoms with van der Waals surface area (Å²) in [5.41, 5.74) is -0.202. The standard InChI is InChI=1S/C18H23F3N2O2/c19-18(20,21)14-6-4-5-13(9-14)16-10-15(24)11-23(16)12-17(25)22-7-2-1-3-8-22/h4-6,9,15-16,24H,1-3,7-8,10-12H2/t15-,16-/m1/s1. The summed E-state index contributed by atoms with van der Waals surface area (Å²) in [6.07, 6.45) is -1.58. The Morgan fingerprint density at radius 2 is 1.92 bits per heavy atom. The van der Waals surface area contributed by atoms with E-state index in [1.54, 1.807) is 11.0 Å². The second-order valence-corrected chi connectivity index (χ2v) is 6.90. The Morgan fingerprint density at radius 3 is 2.60 bits per heavy atom. The van der Waals surface area contributed by atoms with Crippen LogP contribution in [0.3, 0.4) is 0 Å². The highest BCUT2D eigenvalue weighted by molar-refractivity contribution is 5.78. The number of piperidine rings is 1. The third kappa shape index (κ3) is 4.33. The Labute approximate surface area is 145 Å². The molecule has 4 nitrogen and oxygen atoms in total. The SMILES string of the molecule is O=C(CN1C[C@H](O)C[C@@H]1c1cccc(C(F)(F)F)c1)N1CCCCC1. The van der Waals surface area contributed by atoms with E-state index in [4.69, 9.17) is 0 Å². The Balaban J connectivity index is 1.74. The third-order valence-electron chi connectivity index (χ3n) is 5.03. The fourth-order valence-corrected chi connectivity index (χ4v) is 3.74. The molecule has 0 saturated carbocycles. The highest BCUT2D eigenvalue weighted by Gasteiger charge is 2.36. The lowest BCUT2D eigenvalue weighted by Crippen LogP contribution is -2.42. The van der Waals surface area contributed by atoms with Crippen LogP contribution in [0.1, 0.15) is 42.9 Å². The molecule has 0 bridgehead atoms. The molecule has 7 heteroatoms. The molecule has 0 spiro atoms. The zero-order valence-electron chi connectivity index (χ0n) is 14.0. The van der Waals surface area contributed by atoms with Gasteiger partial charge in [0.2, 0.25) is 5.91 Å². The smallest absolute Gasteiger partial charge is 0.392 e. The van der Waals surface area contributed by atoms with Crippen molar-refractivity contribution in [3.8, 4) is 0 Å². The van der Waals surface area contributed by atoms with Gasteiger partial charge < -0.3 is 10.0 Å². The van der Waals surface area contributed by atoms with Crippen molar-refractivity contribution in [3.63, 3.8) is 0 Å². The number of aliphatic hydroxyl groups excluding tert-OH is 1. The molecule has 0 radical (unpaired) electrons. The lowest BCUT2D eigenvalue weighted by Gasteiger charge is -2.30. The van der Waals surface area contributed by atoms with Crippen LogP contribution in [0.25, 0.3) is 0 Å². The molecule has 1 N–H and O–H groups in total. The summed E-state index contributed by atoms with van der Waals surface area (Å²) in [6, 6.07) is 4.81. The minimum Gasteiger partial charge on any atom is -0.392 e. The van der Waals surface area contributed by atoms with Crippen molar-refractivity contribution < 1.29 is 23.1 Å². The maximum Gasteiger partial charge on any atom is 0.416 e. The second-order valence-electron chi connectivity index (χ2n) is 6.90. The molecule has 2 atom stereocenters. The highest BCUT2D eigenvalue weighted by Crippen LogP contribution is 2.36. The molecule has 3 rings (SSSR count). The van der Waals surface area contributed by atoms with Gasteiger partial charge in [-0.25, -0.2) is 0 Å². The molecule has 1 aromatic carbocycles. The largest absolute Gasteiger partial charge is 0.416 e. The van der Waals surface area contributed by atoms with Gasteiger partial charge in [-0.1, -0.05) is 12.1 Å². The van der Waals surface area contributed by atoms with Crippen molar-refractivity contribution in [2.45, 2.75) is 44.0 Å². The number of aliphatic hydroxyl groups is 1. The van der Waals surface area contributed by atoms with Gasteiger partial charge in [-0.2, -0.15) is 13.2 Å². The van der Waals surface area contributed by atoms with Crippen LogP contribution in [-0.2, 0) is 11.0 Å². The molecular weight excluding hydrogens is 333 g/mol. The number of hydrogen-bond donors (Lipinski definition) is 1. The number of carbonyl (C=O) groups is 1. The molecule has 0 aliphatic carbocycles. The van der Waals surface area contributed by atoms with E-state index in [2.05, 4.69) is 0 Å². The third-order valence-corrected chi connectivity index (χ3v) is 5.03. The van der Waals surface area contributed by atoms with Crippen LogP contribution in [0.5, 0.6) is 0 Å². The number of alkyl halides is 3. The van der Waals surface area contributed by atoms with E-state index in [9.17, 15) is 23.1 Å². The van der Waals surface area contributed by atoms with E-state index >= 15 is 0 Å². The molecule has 25 heavy (non-hydrogen) atoms. The molecule has 138 valence electrons. The lowest BCUT2D eigenvalue weighted by molar-refractivity contribution is -0.138. The van der Waals surface area contributed by atoms with E-state index in [0.717, 1.165) is 44.5 Å². The minimum atomic E-state index is -4.40. The van der Waals surface area contributed by atoms with E-state index in [1.165, 1.54) is 6.07 Å². The van der Waals surface area contributed by atoms with E-state index in [0.29, 0.717) is 18.5 Å². The zero-order valence-corrected chi connectivity index (χ0v) is 14.0. The predicted octanol–water partition coefficient (Wildman–Crippen LogP) is 2.83. The number of nitrogens with zero attached hydrogens (tertiary/aromatic N) is 2. The predicted molar refractivity (Wildman–Crippen MR) is 86.8 cm³/mol. The average molecular weight is 356 g/mol. The lowest BCUT2D eigenvalue weighted by atomic mass is 10.0. The molecule has 2 aliphatic heterocycles. The Kier molecular flexibility index (Phi) is 5.34. The number of β-amino-alcohol motifs (C(OH)–C–C–N with tert-alkyl or cyclic N) is 1. The maximum absolute atomic E-state index is 13.0. The second kappa shape index (κ2) is 7.33. The fourth-order valence-electron chi connectivity index (χ4n) is 3.74. The summed E-state index contributed by atoms with van der Waals surface area (Å²) < 4.78 is 38.9. The summed E-state index contributed by atoms with van der Waals surface area (Å²) in [5.74, 6) is -0.00854. The molecule has 2 heterocycles. The fraction of sp³-hybridized carbons (Fsp3) is 0.611. The summed E-state index contributed by atoms with van der Waals surface area (Å²) in [5, 5.41) is 9.99. The van der Waals surface area contributed by atoms with Gasteiger partial charge in [0.25, 0.3) is 0 Å². The van der Waals surface area contributed by atoms with Gasteiger partial charge in [-0.15, -0.1) is 0 Å². The maximum atomic E-state index is 13.0. The monoisotopic (exact) mass is 356 g/mol. The number of halogens is 3. The first-order valence-corrected chi connectivity index (χ1v) is 8.71. The quantitative estimate of drug-likeness (QED) is 0.906. The van der Waals surface area contributed by atoms with Crippen LogP contribution < -0.4 is 0 Å². The van der Waals surface area contributed by atoms with Gasteiger partial charge in [-0.05, 0) is 43.4 Å². The van der Waals surface area contributed by atoms with Gasteiger partial charge in [-0.3, -0.25) is 9.69 Å². The van der Waals surface area contributed by atoms with Crippen LogP contribution >= 0.6 is 0 Å². The first-order chi connectivity index (χ1) is 11.8. The number of benzene rings is 1. The average Bonchev–Trinajstić information content (AvgIpc) is 2.95. The first-order valence-electron chi connectivity index (χ1n) is 8.71. The molecule has 2 aliphatic rings. The summed E-state index contributed by atoms with van der Waals surface area (Å²) in [6.45, 7) is 1.92. The van der Waals surface area contributed by atoms with Crippen LogP contribution in [0.15, 0.2) is 24.3 Å². The number of rotatable bonds is 3. The van der Waals surface area contributed by atoms with Gasteiger partial charge >= 0.3 is 6.18 Å². The number of carbonyl (C=O) groups excluding carboxylic acids is 1. The van der Waals surface area contributed by atoms with Crippen molar-refractivity contribution in [2.24, 2.45) is 0 Å². The minimum absolute atomic E-state index is 0.00854. The number of likely N-dealkylation sites (tertiary alicyclic amines) is 2. The van der Waals surface area contributed by atoms with Gasteiger partial charge in [0.15, 0.2) is 0 Å². The van der Waals surface area contributed by atoms with Crippen LogP contribution in [-0.4, -0.2) is 53.1 Å². The number of amides is 1. The van der Waals surface area contributed by atoms with E-state index < -0.39 is 17.8 Å². The van der Waals surface area contributed by atoms with Gasteiger partial charge in [0.1, 0.15) is 0 Å². The molecule has 1 amide bonds. The molecule has 0 aromatic heterocycles. The zero-order chi connectivity index (χ0) is 18.0. The molecule has 2 saturated heterocycles. The highest BCUT2D eigenvalue weighted by atomic mass is 19.4. The molecule has 0 unspecified atom stereocenters. The topological polar surface area (TPSA) is 43.8 Å². The Bertz CT molecular complexity index is 615. The summed E-state index contributed by atoms with van der Waals surface area (Å²) in [7, 11) is 0.